The molecule has 5 nitrogen and oxygen atoms in total. The van der Waals surface area contributed by atoms with Crippen LogP contribution >= 0.6 is 0 Å². The number of halogens is 1. The summed E-state index contributed by atoms with van der Waals surface area (Å²) in [5.74, 6) is -0.201. The minimum Gasteiger partial charge on any atom is -0.495 e. The highest BCUT2D eigenvalue weighted by atomic mass is 19.1. The number of rotatable bonds is 5. The fourth-order valence-electron chi connectivity index (χ4n) is 3.05. The van der Waals surface area contributed by atoms with Crippen molar-refractivity contribution in [2.45, 2.75) is 6.42 Å². The molecule has 0 aliphatic carbocycles. The van der Waals surface area contributed by atoms with Crippen molar-refractivity contribution in [3.8, 4) is 17.0 Å². The summed E-state index contributed by atoms with van der Waals surface area (Å²) in [4.78, 5) is 17.0. The molecule has 0 radical (unpaired) electrons. The molecule has 0 aliphatic heterocycles. The fourth-order valence-corrected chi connectivity index (χ4v) is 3.05. The first-order valence-corrected chi connectivity index (χ1v) is 8.79. The third kappa shape index (κ3) is 3.57. The Kier molecular flexibility index (Phi) is 4.76. The molecule has 0 fully saturated rings. The number of nitrogens with one attached hydrogen (secondary N) is 1. The number of ether oxygens (including phenoxy) is 1. The number of benzene rings is 2. The molecule has 2 aromatic carbocycles. The van der Waals surface area contributed by atoms with Crippen molar-refractivity contribution in [2.24, 2.45) is 0 Å². The van der Waals surface area contributed by atoms with Crippen molar-refractivity contribution >= 4 is 17.2 Å². The number of methoxy groups -OCH3 is 1. The molecule has 0 bridgehead atoms. The molecule has 0 atom stereocenters. The first-order chi connectivity index (χ1) is 13.6. The Hall–Kier alpha value is -3.67. The Morgan fingerprint density at radius 2 is 1.96 bits per heavy atom. The summed E-state index contributed by atoms with van der Waals surface area (Å²) in [5.41, 5.74) is 3.30. The van der Waals surface area contributed by atoms with Crippen LogP contribution in [0.15, 0.2) is 73.1 Å². The molecule has 0 saturated heterocycles. The highest BCUT2D eigenvalue weighted by Crippen LogP contribution is 2.30. The van der Waals surface area contributed by atoms with Gasteiger partial charge in [-0.2, -0.15) is 0 Å². The molecule has 4 aromatic rings. The van der Waals surface area contributed by atoms with Crippen molar-refractivity contribution in [1.82, 2.24) is 9.38 Å². The predicted octanol–water partition coefficient (Wildman–Crippen LogP) is 4.33. The molecule has 140 valence electrons. The van der Waals surface area contributed by atoms with E-state index < -0.39 is 5.82 Å². The van der Waals surface area contributed by atoms with Crippen LogP contribution in [0.1, 0.15) is 5.56 Å². The van der Waals surface area contributed by atoms with E-state index in [2.05, 4.69) is 10.3 Å². The quantitative estimate of drug-likeness (QED) is 0.565. The Bertz CT molecular complexity index is 1120. The van der Waals surface area contributed by atoms with Gasteiger partial charge >= 0.3 is 0 Å². The highest BCUT2D eigenvalue weighted by molar-refractivity contribution is 5.94. The van der Waals surface area contributed by atoms with Crippen molar-refractivity contribution in [2.75, 3.05) is 12.4 Å². The lowest BCUT2D eigenvalue weighted by Gasteiger charge is -2.12. The van der Waals surface area contributed by atoms with Crippen LogP contribution in [0.25, 0.3) is 16.9 Å². The average molecular weight is 375 g/mol. The molecule has 4 rings (SSSR count). The second-order valence-corrected chi connectivity index (χ2v) is 6.32. The molecule has 0 spiro atoms. The lowest BCUT2D eigenvalue weighted by Crippen LogP contribution is -2.15. The van der Waals surface area contributed by atoms with Crippen LogP contribution in [0.5, 0.6) is 5.75 Å². The largest absolute Gasteiger partial charge is 0.495 e. The standard InChI is InChI=1S/C22H18FN3O2/c1-28-20-10-9-16(19-14-26-11-5-4-8-21(26)24-19)12-18(20)25-22(27)13-15-6-2-3-7-17(15)23/h2-12,14H,13H2,1H3,(H,25,27). The summed E-state index contributed by atoms with van der Waals surface area (Å²) < 4.78 is 21.1. The molecular weight excluding hydrogens is 357 g/mol. The van der Waals surface area contributed by atoms with E-state index in [0.29, 0.717) is 17.0 Å². The smallest absolute Gasteiger partial charge is 0.229 e. The maximum atomic E-state index is 13.8. The van der Waals surface area contributed by atoms with E-state index in [1.54, 1.807) is 30.3 Å². The van der Waals surface area contributed by atoms with Crippen molar-refractivity contribution in [3.63, 3.8) is 0 Å². The van der Waals surface area contributed by atoms with E-state index in [1.165, 1.54) is 13.2 Å². The van der Waals surface area contributed by atoms with Gasteiger partial charge in [0.15, 0.2) is 0 Å². The molecule has 2 heterocycles. The van der Waals surface area contributed by atoms with Gasteiger partial charge in [0, 0.05) is 18.0 Å². The number of anilines is 1. The lowest BCUT2D eigenvalue weighted by molar-refractivity contribution is -0.115. The summed E-state index contributed by atoms with van der Waals surface area (Å²) in [5, 5.41) is 2.82. The summed E-state index contributed by atoms with van der Waals surface area (Å²) in [6.07, 6.45) is 3.78. The van der Waals surface area contributed by atoms with E-state index in [1.807, 2.05) is 41.1 Å². The number of hydrogen-bond acceptors (Lipinski definition) is 3. The lowest BCUT2D eigenvalue weighted by atomic mass is 10.1. The fraction of sp³-hybridized carbons (Fsp3) is 0.0909. The molecule has 6 heteroatoms. The minimum absolute atomic E-state index is 0.0611. The second kappa shape index (κ2) is 7.52. The number of nitrogens with zero attached hydrogens (tertiary/aromatic N) is 2. The maximum Gasteiger partial charge on any atom is 0.229 e. The highest BCUT2D eigenvalue weighted by Gasteiger charge is 2.13. The van der Waals surface area contributed by atoms with Gasteiger partial charge in [0.2, 0.25) is 5.91 Å². The van der Waals surface area contributed by atoms with Crippen molar-refractivity contribution in [1.29, 1.82) is 0 Å². The summed E-state index contributed by atoms with van der Waals surface area (Å²) in [7, 11) is 1.53. The Morgan fingerprint density at radius 3 is 2.75 bits per heavy atom. The summed E-state index contributed by atoms with van der Waals surface area (Å²) in [6, 6.07) is 17.5. The zero-order valence-electron chi connectivity index (χ0n) is 15.2. The van der Waals surface area contributed by atoms with Crippen molar-refractivity contribution < 1.29 is 13.9 Å². The topological polar surface area (TPSA) is 55.6 Å². The number of fused-ring (bicyclic) bond motifs is 1. The second-order valence-electron chi connectivity index (χ2n) is 6.32. The van der Waals surface area contributed by atoms with Gasteiger partial charge in [-0.15, -0.1) is 0 Å². The van der Waals surface area contributed by atoms with Gasteiger partial charge in [-0.3, -0.25) is 4.79 Å². The molecule has 0 aliphatic rings. The summed E-state index contributed by atoms with van der Waals surface area (Å²) >= 11 is 0. The molecule has 28 heavy (non-hydrogen) atoms. The van der Waals surface area contributed by atoms with E-state index in [0.717, 1.165) is 16.9 Å². The van der Waals surface area contributed by atoms with Gasteiger partial charge in [0.25, 0.3) is 0 Å². The number of hydrogen-bond donors (Lipinski definition) is 1. The molecule has 0 unspecified atom stereocenters. The number of aromatic nitrogens is 2. The minimum atomic E-state index is -0.400. The predicted molar refractivity (Wildman–Crippen MR) is 106 cm³/mol. The maximum absolute atomic E-state index is 13.8. The third-order valence-corrected chi connectivity index (χ3v) is 4.44. The zero-order chi connectivity index (χ0) is 19.5. The normalized spacial score (nSPS) is 10.8. The van der Waals surface area contributed by atoms with E-state index in [4.69, 9.17) is 4.74 Å². The van der Waals surface area contributed by atoms with Gasteiger partial charge < -0.3 is 14.5 Å². The molecule has 0 saturated carbocycles. The number of amides is 1. The van der Waals surface area contributed by atoms with Crippen LogP contribution in [0.2, 0.25) is 0 Å². The van der Waals surface area contributed by atoms with Crippen LogP contribution in [-0.2, 0) is 11.2 Å². The number of pyridine rings is 1. The van der Waals surface area contributed by atoms with Gasteiger partial charge in [-0.05, 0) is 42.0 Å². The summed E-state index contributed by atoms with van der Waals surface area (Å²) in [6.45, 7) is 0. The van der Waals surface area contributed by atoms with Crippen LogP contribution in [0.3, 0.4) is 0 Å². The van der Waals surface area contributed by atoms with Crippen LogP contribution in [0.4, 0.5) is 10.1 Å². The van der Waals surface area contributed by atoms with E-state index in [-0.39, 0.29) is 12.3 Å². The SMILES string of the molecule is COc1ccc(-c2cn3ccccc3n2)cc1NC(=O)Cc1ccccc1F. The molecule has 1 amide bonds. The Labute approximate surface area is 161 Å². The van der Waals surface area contributed by atoms with E-state index in [9.17, 15) is 9.18 Å². The monoisotopic (exact) mass is 375 g/mol. The van der Waals surface area contributed by atoms with Gasteiger partial charge in [-0.1, -0.05) is 24.3 Å². The number of carbonyl (C=O) groups excluding carboxylic acids is 1. The molecule has 1 N–H and O–H groups in total. The molecular formula is C22H18FN3O2. The first kappa shape index (κ1) is 17.7. The van der Waals surface area contributed by atoms with Crippen LogP contribution < -0.4 is 10.1 Å². The van der Waals surface area contributed by atoms with E-state index >= 15 is 0 Å². The van der Waals surface area contributed by atoms with Gasteiger partial charge in [0.05, 0.1) is 24.9 Å². The van der Waals surface area contributed by atoms with Crippen LogP contribution in [-0.4, -0.2) is 22.4 Å². The number of imidazole rings is 1. The van der Waals surface area contributed by atoms with Gasteiger partial charge in [0.1, 0.15) is 17.2 Å². The average Bonchev–Trinajstić information content (AvgIpc) is 3.14. The van der Waals surface area contributed by atoms with Crippen LogP contribution in [0, 0.1) is 5.82 Å². The third-order valence-electron chi connectivity index (χ3n) is 4.44. The van der Waals surface area contributed by atoms with Crippen molar-refractivity contribution in [3.05, 3.63) is 84.4 Å². The first-order valence-electron chi connectivity index (χ1n) is 8.79. The van der Waals surface area contributed by atoms with Gasteiger partial charge in [-0.25, -0.2) is 9.37 Å². The number of carbonyl (C=O) groups is 1. The molecule has 2 aromatic heterocycles. The Morgan fingerprint density at radius 1 is 1.14 bits per heavy atom. The zero-order valence-corrected chi connectivity index (χ0v) is 15.2. The Balaban J connectivity index is 1.61.